The maximum atomic E-state index is 14.1. The highest BCUT2D eigenvalue weighted by atomic mass is 19.1. The number of amides is 3. The van der Waals surface area contributed by atoms with Crippen molar-refractivity contribution in [2.24, 2.45) is 0 Å². The summed E-state index contributed by atoms with van der Waals surface area (Å²) in [5, 5.41) is 7.79. The van der Waals surface area contributed by atoms with E-state index >= 15 is 0 Å². The van der Waals surface area contributed by atoms with Gasteiger partial charge in [0, 0.05) is 11.3 Å². The number of carbonyl (C=O) groups is 3. The molecule has 0 unspecified atom stereocenters. The molecule has 0 bridgehead atoms. The molecular weight excluding hydrogens is 432 g/mol. The number of nitrogens with zero attached hydrogens (tertiary/aromatic N) is 1. The third-order valence-electron chi connectivity index (χ3n) is 5.13. The Labute approximate surface area is 185 Å². The summed E-state index contributed by atoms with van der Waals surface area (Å²) in [6, 6.07) is 12.3. The van der Waals surface area contributed by atoms with E-state index in [9.17, 15) is 23.2 Å². The van der Waals surface area contributed by atoms with Gasteiger partial charge in [-0.05, 0) is 54.6 Å². The molecule has 0 spiro atoms. The lowest BCUT2D eigenvalue weighted by molar-refractivity contribution is -0.115. The molecule has 0 radical (unpaired) electrons. The molecule has 1 aromatic heterocycles. The summed E-state index contributed by atoms with van der Waals surface area (Å²) < 4.78 is 27.6. The molecule has 5 rings (SSSR count). The SMILES string of the molecule is O=C1CNC(=O)c2ccc(C(=O)Nc3ccc4nc(-c5cc(F)ccc5F)[nH]c4c3)cc2N1. The molecule has 0 saturated carbocycles. The van der Waals surface area contributed by atoms with Gasteiger partial charge < -0.3 is 20.9 Å². The first-order valence-corrected chi connectivity index (χ1v) is 9.86. The highest BCUT2D eigenvalue weighted by molar-refractivity contribution is 6.11. The van der Waals surface area contributed by atoms with Crippen molar-refractivity contribution in [3.05, 3.63) is 77.4 Å². The monoisotopic (exact) mass is 447 g/mol. The van der Waals surface area contributed by atoms with E-state index in [0.29, 0.717) is 16.7 Å². The maximum Gasteiger partial charge on any atom is 0.255 e. The number of fused-ring (bicyclic) bond motifs is 2. The van der Waals surface area contributed by atoms with Gasteiger partial charge in [0.1, 0.15) is 17.5 Å². The average Bonchev–Trinajstić information content (AvgIpc) is 3.15. The molecule has 0 aliphatic carbocycles. The smallest absolute Gasteiger partial charge is 0.255 e. The summed E-state index contributed by atoms with van der Waals surface area (Å²) in [6.07, 6.45) is 0. The van der Waals surface area contributed by atoms with Gasteiger partial charge >= 0.3 is 0 Å². The molecule has 4 N–H and O–H groups in total. The van der Waals surface area contributed by atoms with Crippen molar-refractivity contribution in [2.75, 3.05) is 17.2 Å². The van der Waals surface area contributed by atoms with Gasteiger partial charge in [0.05, 0.1) is 34.4 Å². The summed E-state index contributed by atoms with van der Waals surface area (Å²) in [5.41, 5.74) is 2.17. The standard InChI is InChI=1S/C23H15F2N5O3/c24-12-2-5-16(25)15(8-12)21-29-17-6-3-13(9-19(17)30-21)27-22(32)11-1-4-14-18(7-11)28-20(31)10-26-23(14)33/h1-9H,10H2,(H,26,33)(H,27,32)(H,28,31)(H,29,30). The minimum atomic E-state index is -0.618. The first-order chi connectivity index (χ1) is 15.9. The normalized spacial score (nSPS) is 13.2. The lowest BCUT2D eigenvalue weighted by atomic mass is 10.1. The van der Waals surface area contributed by atoms with Crippen LogP contribution < -0.4 is 16.0 Å². The number of aromatic amines is 1. The third kappa shape index (κ3) is 3.89. The van der Waals surface area contributed by atoms with Crippen LogP contribution >= 0.6 is 0 Å². The first-order valence-electron chi connectivity index (χ1n) is 9.86. The fourth-order valence-corrected chi connectivity index (χ4v) is 3.53. The average molecular weight is 447 g/mol. The molecule has 4 aromatic rings. The molecule has 3 aromatic carbocycles. The number of hydrogen-bond acceptors (Lipinski definition) is 4. The fourth-order valence-electron chi connectivity index (χ4n) is 3.53. The number of carbonyl (C=O) groups excluding carboxylic acids is 3. The summed E-state index contributed by atoms with van der Waals surface area (Å²) in [6.45, 7) is -0.152. The Morgan fingerprint density at radius 2 is 1.82 bits per heavy atom. The van der Waals surface area contributed by atoms with Gasteiger partial charge in [-0.15, -0.1) is 0 Å². The minimum absolute atomic E-state index is 0.00662. The van der Waals surface area contributed by atoms with Crippen molar-refractivity contribution in [3.8, 4) is 11.4 Å². The van der Waals surface area contributed by atoms with Gasteiger partial charge in [0.2, 0.25) is 5.91 Å². The highest BCUT2D eigenvalue weighted by Gasteiger charge is 2.20. The van der Waals surface area contributed by atoms with E-state index in [1.807, 2.05) is 0 Å². The Kier molecular flexibility index (Phi) is 4.82. The summed E-state index contributed by atoms with van der Waals surface area (Å²) in [5.74, 6) is -2.32. The zero-order chi connectivity index (χ0) is 23.1. The molecule has 10 heteroatoms. The summed E-state index contributed by atoms with van der Waals surface area (Å²) in [4.78, 5) is 43.8. The van der Waals surface area contributed by atoms with Crippen LogP contribution in [0.1, 0.15) is 20.7 Å². The Balaban J connectivity index is 1.41. The van der Waals surface area contributed by atoms with Gasteiger partial charge in [-0.25, -0.2) is 13.8 Å². The zero-order valence-corrected chi connectivity index (χ0v) is 16.8. The molecule has 0 atom stereocenters. The van der Waals surface area contributed by atoms with E-state index in [2.05, 4.69) is 25.9 Å². The van der Waals surface area contributed by atoms with Crippen LogP contribution in [0, 0.1) is 11.6 Å². The van der Waals surface area contributed by atoms with E-state index in [1.54, 1.807) is 18.2 Å². The van der Waals surface area contributed by atoms with Crippen molar-refractivity contribution in [1.82, 2.24) is 15.3 Å². The Hall–Kier alpha value is -4.60. The van der Waals surface area contributed by atoms with Crippen molar-refractivity contribution < 1.29 is 23.2 Å². The van der Waals surface area contributed by atoms with Crippen molar-refractivity contribution >= 4 is 40.1 Å². The van der Waals surface area contributed by atoms with Crippen LogP contribution in [0.3, 0.4) is 0 Å². The fraction of sp³-hybridized carbons (Fsp3) is 0.0435. The summed E-state index contributed by atoms with van der Waals surface area (Å²) in [7, 11) is 0. The van der Waals surface area contributed by atoms with E-state index in [-0.39, 0.29) is 34.7 Å². The van der Waals surface area contributed by atoms with Crippen LogP contribution in [-0.2, 0) is 4.79 Å². The zero-order valence-electron chi connectivity index (χ0n) is 16.8. The number of aromatic nitrogens is 2. The second kappa shape index (κ2) is 7.83. The Morgan fingerprint density at radius 3 is 2.67 bits per heavy atom. The van der Waals surface area contributed by atoms with Crippen molar-refractivity contribution in [1.29, 1.82) is 0 Å². The predicted molar refractivity (Wildman–Crippen MR) is 117 cm³/mol. The van der Waals surface area contributed by atoms with Crippen LogP contribution in [-0.4, -0.2) is 34.2 Å². The van der Waals surface area contributed by atoms with Gasteiger partial charge in [0.25, 0.3) is 11.8 Å². The second-order valence-electron chi connectivity index (χ2n) is 7.39. The second-order valence-corrected chi connectivity index (χ2v) is 7.39. The number of H-pyrrole nitrogens is 1. The quantitative estimate of drug-likeness (QED) is 0.385. The van der Waals surface area contributed by atoms with Crippen LogP contribution in [0.2, 0.25) is 0 Å². The molecule has 1 aliphatic heterocycles. The number of benzene rings is 3. The van der Waals surface area contributed by atoms with E-state index in [1.165, 1.54) is 18.2 Å². The minimum Gasteiger partial charge on any atom is -0.343 e. The van der Waals surface area contributed by atoms with E-state index in [4.69, 9.17) is 0 Å². The van der Waals surface area contributed by atoms with Crippen molar-refractivity contribution in [2.45, 2.75) is 0 Å². The predicted octanol–water partition coefficient (Wildman–Crippen LogP) is 3.44. The molecule has 8 nitrogen and oxygen atoms in total. The number of hydrogen-bond donors (Lipinski definition) is 4. The topological polar surface area (TPSA) is 116 Å². The number of nitrogens with one attached hydrogen (secondary N) is 4. The molecule has 0 saturated heterocycles. The van der Waals surface area contributed by atoms with Crippen molar-refractivity contribution in [3.63, 3.8) is 0 Å². The van der Waals surface area contributed by atoms with E-state index < -0.39 is 29.4 Å². The molecule has 0 fully saturated rings. The van der Waals surface area contributed by atoms with Gasteiger partial charge in [-0.3, -0.25) is 14.4 Å². The largest absolute Gasteiger partial charge is 0.343 e. The highest BCUT2D eigenvalue weighted by Crippen LogP contribution is 2.26. The number of imidazole rings is 1. The molecule has 33 heavy (non-hydrogen) atoms. The van der Waals surface area contributed by atoms with Gasteiger partial charge in [-0.2, -0.15) is 0 Å². The third-order valence-corrected chi connectivity index (χ3v) is 5.13. The van der Waals surface area contributed by atoms with Crippen LogP contribution in [0.25, 0.3) is 22.4 Å². The number of halogens is 2. The molecule has 3 amide bonds. The Bertz CT molecular complexity index is 1460. The molecule has 164 valence electrons. The molecule has 2 heterocycles. The van der Waals surface area contributed by atoms with Gasteiger partial charge in [0.15, 0.2) is 0 Å². The maximum absolute atomic E-state index is 14.1. The molecule has 1 aliphatic rings. The number of rotatable bonds is 3. The lowest BCUT2D eigenvalue weighted by Crippen LogP contribution is -2.28. The first kappa shape index (κ1) is 20.3. The van der Waals surface area contributed by atoms with E-state index in [0.717, 1.165) is 18.2 Å². The van der Waals surface area contributed by atoms with Gasteiger partial charge in [-0.1, -0.05) is 0 Å². The number of anilines is 2. The van der Waals surface area contributed by atoms with Crippen LogP contribution in [0.15, 0.2) is 54.6 Å². The summed E-state index contributed by atoms with van der Waals surface area (Å²) >= 11 is 0. The Morgan fingerprint density at radius 1 is 0.970 bits per heavy atom. The van der Waals surface area contributed by atoms with Crippen LogP contribution in [0.4, 0.5) is 20.2 Å². The molecular formula is C23H15F2N5O3. The lowest BCUT2D eigenvalue weighted by Gasteiger charge is -2.09. The van der Waals surface area contributed by atoms with Crippen LogP contribution in [0.5, 0.6) is 0 Å².